The Hall–Kier alpha value is -0.570. The summed E-state index contributed by atoms with van der Waals surface area (Å²) < 4.78 is 1.23. The van der Waals surface area contributed by atoms with E-state index in [2.05, 4.69) is 16.3 Å². The van der Waals surface area contributed by atoms with Crippen molar-refractivity contribution in [3.05, 3.63) is 34.2 Å². The maximum atomic E-state index is 6.18. The maximum Gasteiger partial charge on any atom is 0.0584 e. The van der Waals surface area contributed by atoms with Gasteiger partial charge in [0.15, 0.2) is 0 Å². The number of fused-ring (bicyclic) bond motifs is 1. The van der Waals surface area contributed by atoms with E-state index in [-0.39, 0.29) is 0 Å². The van der Waals surface area contributed by atoms with Crippen LogP contribution < -0.4 is 0 Å². The Labute approximate surface area is 105 Å². The number of halogens is 1. The van der Waals surface area contributed by atoms with Crippen molar-refractivity contribution in [2.24, 2.45) is 0 Å². The molecule has 1 nitrogen and oxygen atoms in total. The maximum absolute atomic E-state index is 6.18. The largest absolute Gasteiger partial charge is 0.299 e. The summed E-state index contributed by atoms with van der Waals surface area (Å²) in [6, 6.07) is 6.20. The van der Waals surface area contributed by atoms with Gasteiger partial charge in [0.1, 0.15) is 0 Å². The summed E-state index contributed by atoms with van der Waals surface area (Å²) in [5, 5.41) is 4.48. The molecule has 0 atom stereocenters. The van der Waals surface area contributed by atoms with Crippen LogP contribution in [0.2, 0.25) is 5.02 Å². The molecule has 1 saturated heterocycles. The fourth-order valence-corrected chi connectivity index (χ4v) is 3.66. The van der Waals surface area contributed by atoms with Crippen molar-refractivity contribution in [3.63, 3.8) is 0 Å². The first-order valence-electron chi connectivity index (χ1n) is 5.71. The minimum atomic E-state index is 0.884. The van der Waals surface area contributed by atoms with Gasteiger partial charge in [0.25, 0.3) is 0 Å². The average molecular weight is 252 g/mol. The molecule has 1 aromatic heterocycles. The lowest BCUT2D eigenvalue weighted by Gasteiger charge is -2.13. The number of thiophene rings is 1. The van der Waals surface area contributed by atoms with E-state index in [1.54, 1.807) is 11.3 Å². The average Bonchev–Trinajstić information content (AvgIpc) is 2.90. The van der Waals surface area contributed by atoms with Gasteiger partial charge >= 0.3 is 0 Å². The predicted molar refractivity (Wildman–Crippen MR) is 71.3 cm³/mol. The van der Waals surface area contributed by atoms with E-state index in [9.17, 15) is 0 Å². The molecule has 2 heterocycles. The second kappa shape index (κ2) is 4.36. The van der Waals surface area contributed by atoms with E-state index in [0.717, 1.165) is 11.6 Å². The molecule has 0 saturated carbocycles. The van der Waals surface area contributed by atoms with Crippen molar-refractivity contribution in [2.75, 3.05) is 13.1 Å². The van der Waals surface area contributed by atoms with E-state index in [1.165, 1.54) is 41.6 Å². The number of hydrogen-bond acceptors (Lipinski definition) is 2. The molecule has 16 heavy (non-hydrogen) atoms. The quantitative estimate of drug-likeness (QED) is 0.775. The van der Waals surface area contributed by atoms with Gasteiger partial charge in [-0.2, -0.15) is 0 Å². The lowest BCUT2D eigenvalue weighted by Crippen LogP contribution is -2.17. The van der Waals surface area contributed by atoms with Crippen LogP contribution in [0.1, 0.15) is 18.4 Å². The highest BCUT2D eigenvalue weighted by Gasteiger charge is 2.14. The molecule has 1 aliphatic heterocycles. The van der Waals surface area contributed by atoms with Crippen molar-refractivity contribution in [2.45, 2.75) is 19.4 Å². The minimum Gasteiger partial charge on any atom is -0.299 e. The Morgan fingerprint density at radius 1 is 1.25 bits per heavy atom. The van der Waals surface area contributed by atoms with Gasteiger partial charge < -0.3 is 0 Å². The highest BCUT2D eigenvalue weighted by molar-refractivity contribution is 7.18. The molecule has 1 fully saturated rings. The molecule has 0 spiro atoms. The molecule has 0 bridgehead atoms. The molecule has 1 aromatic carbocycles. The van der Waals surface area contributed by atoms with Gasteiger partial charge in [-0.25, -0.2) is 0 Å². The lowest BCUT2D eigenvalue weighted by atomic mass is 10.2. The molecule has 3 heteroatoms. The van der Waals surface area contributed by atoms with Crippen molar-refractivity contribution in [1.82, 2.24) is 4.90 Å². The van der Waals surface area contributed by atoms with Crippen LogP contribution >= 0.6 is 22.9 Å². The third kappa shape index (κ3) is 1.86. The summed E-state index contributed by atoms with van der Waals surface area (Å²) in [5.41, 5.74) is 1.43. The number of hydrogen-bond donors (Lipinski definition) is 0. The van der Waals surface area contributed by atoms with E-state index in [1.807, 2.05) is 12.1 Å². The summed E-state index contributed by atoms with van der Waals surface area (Å²) in [6.45, 7) is 3.58. The molecule has 1 aliphatic rings. The van der Waals surface area contributed by atoms with Gasteiger partial charge in [0.2, 0.25) is 0 Å². The number of benzene rings is 1. The Balaban J connectivity index is 1.94. The number of likely N-dealkylation sites (tertiary alicyclic amines) is 1. The van der Waals surface area contributed by atoms with Gasteiger partial charge in [-0.05, 0) is 48.3 Å². The number of rotatable bonds is 2. The van der Waals surface area contributed by atoms with Gasteiger partial charge in [-0.3, -0.25) is 4.90 Å². The van der Waals surface area contributed by atoms with Crippen LogP contribution in [0, 0.1) is 0 Å². The van der Waals surface area contributed by atoms with Crippen LogP contribution in [-0.4, -0.2) is 18.0 Å². The Morgan fingerprint density at radius 2 is 2.06 bits per heavy atom. The van der Waals surface area contributed by atoms with Gasteiger partial charge in [0.05, 0.1) is 9.72 Å². The SMILES string of the molecule is Clc1cccc2c(CN3CCCC3)csc12. The smallest absolute Gasteiger partial charge is 0.0584 e. The van der Waals surface area contributed by atoms with Crippen LogP contribution in [0.4, 0.5) is 0 Å². The van der Waals surface area contributed by atoms with Crippen molar-refractivity contribution >= 4 is 33.0 Å². The molecular formula is C13H14ClNS. The molecule has 0 amide bonds. The predicted octanol–water partition coefficient (Wildman–Crippen LogP) is 4.15. The van der Waals surface area contributed by atoms with Crippen molar-refractivity contribution in [3.8, 4) is 0 Å². The first kappa shape index (κ1) is 10.6. The zero-order valence-electron chi connectivity index (χ0n) is 9.08. The summed E-state index contributed by atoms with van der Waals surface area (Å²) in [4.78, 5) is 2.53. The second-order valence-electron chi connectivity index (χ2n) is 4.36. The Bertz CT molecular complexity index is 500. The molecule has 3 rings (SSSR count). The van der Waals surface area contributed by atoms with E-state index in [0.29, 0.717) is 0 Å². The van der Waals surface area contributed by atoms with Crippen molar-refractivity contribution < 1.29 is 0 Å². The van der Waals surface area contributed by atoms with Crippen molar-refractivity contribution in [1.29, 1.82) is 0 Å². The second-order valence-corrected chi connectivity index (χ2v) is 5.65. The van der Waals surface area contributed by atoms with E-state index in [4.69, 9.17) is 11.6 Å². The van der Waals surface area contributed by atoms with Crippen LogP contribution in [0.3, 0.4) is 0 Å². The third-order valence-corrected chi connectivity index (χ3v) is 4.73. The van der Waals surface area contributed by atoms with Crippen LogP contribution in [0.25, 0.3) is 10.1 Å². The van der Waals surface area contributed by atoms with Gasteiger partial charge in [-0.1, -0.05) is 23.7 Å². The molecular weight excluding hydrogens is 238 g/mol. The lowest BCUT2D eigenvalue weighted by molar-refractivity contribution is 0.333. The highest BCUT2D eigenvalue weighted by atomic mass is 35.5. The van der Waals surface area contributed by atoms with Crippen LogP contribution in [-0.2, 0) is 6.54 Å². The monoisotopic (exact) mass is 251 g/mol. The zero-order valence-corrected chi connectivity index (χ0v) is 10.7. The van der Waals surface area contributed by atoms with E-state index < -0.39 is 0 Å². The zero-order chi connectivity index (χ0) is 11.0. The summed E-state index contributed by atoms with van der Waals surface area (Å²) in [5.74, 6) is 0. The summed E-state index contributed by atoms with van der Waals surface area (Å²) >= 11 is 7.95. The minimum absolute atomic E-state index is 0.884. The molecule has 0 aliphatic carbocycles. The topological polar surface area (TPSA) is 3.24 Å². The van der Waals surface area contributed by atoms with E-state index >= 15 is 0 Å². The standard InChI is InChI=1S/C13H14ClNS/c14-12-5-3-4-11-10(9-16-13(11)12)8-15-6-1-2-7-15/h3-5,9H,1-2,6-8H2. The van der Waals surface area contributed by atoms with Crippen LogP contribution in [0.15, 0.2) is 23.6 Å². The molecule has 0 radical (unpaired) electrons. The third-order valence-electron chi connectivity index (χ3n) is 3.22. The normalized spacial score (nSPS) is 17.3. The fraction of sp³-hybridized carbons (Fsp3) is 0.385. The molecule has 2 aromatic rings. The Kier molecular flexibility index (Phi) is 2.88. The molecule has 0 unspecified atom stereocenters. The fourth-order valence-electron chi connectivity index (χ4n) is 2.38. The summed E-state index contributed by atoms with van der Waals surface area (Å²) in [7, 11) is 0. The van der Waals surface area contributed by atoms with Gasteiger partial charge in [0, 0.05) is 6.54 Å². The van der Waals surface area contributed by atoms with Gasteiger partial charge in [-0.15, -0.1) is 11.3 Å². The van der Waals surface area contributed by atoms with Crippen LogP contribution in [0.5, 0.6) is 0 Å². The summed E-state index contributed by atoms with van der Waals surface area (Å²) in [6.07, 6.45) is 2.70. The Morgan fingerprint density at radius 3 is 2.88 bits per heavy atom. The molecule has 84 valence electrons. The first-order chi connectivity index (χ1) is 7.84. The highest BCUT2D eigenvalue weighted by Crippen LogP contribution is 2.32. The number of nitrogens with zero attached hydrogens (tertiary/aromatic N) is 1. The molecule has 0 N–H and O–H groups in total. The first-order valence-corrected chi connectivity index (χ1v) is 6.97.